The second-order valence-electron chi connectivity index (χ2n) is 6.73. The second-order valence-corrected chi connectivity index (χ2v) is 8.41. The minimum absolute atomic E-state index is 0.282. The fraction of sp³-hybridized carbons (Fsp3) is 0.136. The van der Waals surface area contributed by atoms with E-state index in [1.807, 2.05) is 30.3 Å². The van der Waals surface area contributed by atoms with Gasteiger partial charge in [0.25, 0.3) is 5.69 Å². The first-order valence-electron chi connectivity index (χ1n) is 9.34. The first-order chi connectivity index (χ1) is 14.8. The van der Waals surface area contributed by atoms with Crippen molar-refractivity contribution >= 4 is 21.5 Å². The van der Waals surface area contributed by atoms with Crippen LogP contribution in [0, 0.1) is 10.1 Å². The number of nitro groups is 1. The van der Waals surface area contributed by atoms with E-state index < -0.39 is 37.4 Å². The number of para-hydroxylation sites is 1. The number of nitro benzene ring substituents is 1. The molecule has 0 fully saturated rings. The van der Waals surface area contributed by atoms with Crippen molar-refractivity contribution in [3.63, 3.8) is 0 Å². The molecule has 0 aliphatic rings. The number of hydrogen-bond donors (Lipinski definition) is 1. The molecule has 0 amide bonds. The Kier molecular flexibility index (Phi) is 6.78. The van der Waals surface area contributed by atoms with Gasteiger partial charge in [0.05, 0.1) is 11.0 Å². The molecular weight excluding hydrogens is 420 g/mol. The maximum absolute atomic E-state index is 12.7. The van der Waals surface area contributed by atoms with Crippen molar-refractivity contribution in [2.45, 2.75) is 24.5 Å². The molecule has 0 saturated heterocycles. The highest BCUT2D eigenvalue weighted by Gasteiger charge is 2.28. The summed E-state index contributed by atoms with van der Waals surface area (Å²) in [6, 6.07) is 19.8. The Morgan fingerprint density at radius 1 is 1.00 bits per heavy atom. The smallest absolute Gasteiger partial charge is 0.289 e. The van der Waals surface area contributed by atoms with Crippen molar-refractivity contribution in [1.29, 1.82) is 0 Å². The summed E-state index contributed by atoms with van der Waals surface area (Å²) in [6.45, 7) is 1.76. The van der Waals surface area contributed by atoms with Crippen molar-refractivity contribution in [1.82, 2.24) is 4.72 Å². The van der Waals surface area contributed by atoms with Gasteiger partial charge in [-0.05, 0) is 42.8 Å². The van der Waals surface area contributed by atoms with E-state index in [-0.39, 0.29) is 5.56 Å². The van der Waals surface area contributed by atoms with Crippen LogP contribution < -0.4 is 9.46 Å². The van der Waals surface area contributed by atoms with Crippen LogP contribution in [0.2, 0.25) is 0 Å². The zero-order valence-corrected chi connectivity index (χ0v) is 17.4. The van der Waals surface area contributed by atoms with Crippen LogP contribution in [-0.4, -0.2) is 25.2 Å². The van der Waals surface area contributed by atoms with Crippen molar-refractivity contribution < 1.29 is 22.9 Å². The summed E-state index contributed by atoms with van der Waals surface area (Å²) in [7, 11) is -4.27. The number of carbonyl (C=O) groups is 1. The molecule has 0 saturated carbocycles. The minimum atomic E-state index is -4.27. The van der Waals surface area contributed by atoms with Gasteiger partial charge in [-0.15, -0.1) is 0 Å². The molecule has 0 bridgehead atoms. The number of carbonyl (C=O) groups excluding carboxylic acids is 1. The summed E-state index contributed by atoms with van der Waals surface area (Å²) >= 11 is 0. The lowest BCUT2D eigenvalue weighted by Crippen LogP contribution is -2.38. The van der Waals surface area contributed by atoms with E-state index in [1.165, 1.54) is 19.1 Å². The highest BCUT2D eigenvalue weighted by atomic mass is 32.2. The van der Waals surface area contributed by atoms with Gasteiger partial charge in [-0.1, -0.05) is 42.5 Å². The zero-order valence-electron chi connectivity index (χ0n) is 16.6. The Morgan fingerprint density at radius 3 is 2.26 bits per heavy atom. The fourth-order valence-electron chi connectivity index (χ4n) is 2.89. The lowest BCUT2D eigenvalue weighted by atomic mass is 10.1. The SMILES string of the molecule is C[C@H](NS(=O)(=O)c1ccccc1[N+](=O)[O-])C(=O)c1ccc(OCc2ccccc2)cc1. The van der Waals surface area contributed by atoms with Gasteiger partial charge in [0.2, 0.25) is 10.0 Å². The van der Waals surface area contributed by atoms with Crippen LogP contribution in [0.5, 0.6) is 5.75 Å². The van der Waals surface area contributed by atoms with Crippen LogP contribution in [0.3, 0.4) is 0 Å². The Hall–Kier alpha value is -3.56. The maximum atomic E-state index is 12.7. The minimum Gasteiger partial charge on any atom is -0.489 e. The van der Waals surface area contributed by atoms with Gasteiger partial charge in [0.1, 0.15) is 12.4 Å². The maximum Gasteiger partial charge on any atom is 0.289 e. The topological polar surface area (TPSA) is 116 Å². The molecule has 0 unspecified atom stereocenters. The van der Waals surface area contributed by atoms with E-state index in [1.54, 1.807) is 24.3 Å². The highest BCUT2D eigenvalue weighted by molar-refractivity contribution is 7.89. The number of ether oxygens (including phenoxy) is 1. The highest BCUT2D eigenvalue weighted by Crippen LogP contribution is 2.23. The number of Topliss-reactive ketones (excluding diaryl/α,β-unsaturated/α-hetero) is 1. The monoisotopic (exact) mass is 440 g/mol. The van der Waals surface area contributed by atoms with Gasteiger partial charge < -0.3 is 4.74 Å². The molecule has 0 heterocycles. The number of ketones is 1. The van der Waals surface area contributed by atoms with Crippen molar-refractivity contribution in [3.8, 4) is 5.75 Å². The van der Waals surface area contributed by atoms with Gasteiger partial charge >= 0.3 is 0 Å². The number of rotatable bonds is 9. The molecule has 0 aliphatic carbocycles. The third kappa shape index (κ3) is 5.53. The molecule has 8 nitrogen and oxygen atoms in total. The summed E-state index contributed by atoms with van der Waals surface area (Å²) in [5.74, 6) is 0.0883. The predicted octanol–water partition coefficient (Wildman–Crippen LogP) is 3.72. The molecule has 3 rings (SSSR count). The third-order valence-electron chi connectivity index (χ3n) is 4.46. The average Bonchev–Trinajstić information content (AvgIpc) is 2.78. The largest absolute Gasteiger partial charge is 0.489 e. The summed E-state index contributed by atoms with van der Waals surface area (Å²) in [5.41, 5.74) is 0.722. The average molecular weight is 440 g/mol. The van der Waals surface area contributed by atoms with Gasteiger partial charge in [-0.2, -0.15) is 0 Å². The molecule has 1 atom stereocenters. The van der Waals surface area contributed by atoms with E-state index >= 15 is 0 Å². The van der Waals surface area contributed by atoms with Crippen LogP contribution in [0.1, 0.15) is 22.8 Å². The fourth-order valence-corrected chi connectivity index (χ4v) is 4.27. The second kappa shape index (κ2) is 9.50. The molecule has 1 N–H and O–H groups in total. The first kappa shape index (κ1) is 22.1. The molecule has 31 heavy (non-hydrogen) atoms. The first-order valence-corrected chi connectivity index (χ1v) is 10.8. The van der Waals surface area contributed by atoms with Crippen LogP contribution in [0.25, 0.3) is 0 Å². The van der Waals surface area contributed by atoms with Crippen molar-refractivity contribution in [3.05, 3.63) is 100 Å². The summed E-state index contributed by atoms with van der Waals surface area (Å²) < 4.78 is 33.1. The summed E-state index contributed by atoms with van der Waals surface area (Å²) in [4.78, 5) is 22.5. The van der Waals surface area contributed by atoms with E-state index in [9.17, 15) is 23.3 Å². The van der Waals surface area contributed by atoms with Crippen LogP contribution in [-0.2, 0) is 16.6 Å². The van der Waals surface area contributed by atoms with Crippen LogP contribution in [0.15, 0.2) is 83.8 Å². The number of sulfonamides is 1. The predicted molar refractivity (Wildman–Crippen MR) is 114 cm³/mol. The molecule has 160 valence electrons. The normalized spacial score (nSPS) is 12.2. The lowest BCUT2D eigenvalue weighted by Gasteiger charge is -2.14. The Balaban J connectivity index is 1.68. The number of nitrogens with zero attached hydrogens (tertiary/aromatic N) is 1. The van der Waals surface area contributed by atoms with Crippen LogP contribution in [0.4, 0.5) is 5.69 Å². The third-order valence-corrected chi connectivity index (χ3v) is 6.05. The lowest BCUT2D eigenvalue weighted by molar-refractivity contribution is -0.387. The zero-order chi connectivity index (χ0) is 22.4. The Morgan fingerprint density at radius 2 is 1.61 bits per heavy atom. The van der Waals surface area contributed by atoms with E-state index in [0.717, 1.165) is 17.7 Å². The number of nitrogens with one attached hydrogen (secondary N) is 1. The number of hydrogen-bond acceptors (Lipinski definition) is 6. The summed E-state index contributed by atoms with van der Waals surface area (Å²) in [5, 5.41) is 11.1. The van der Waals surface area contributed by atoms with E-state index in [2.05, 4.69) is 4.72 Å². The molecule has 3 aromatic carbocycles. The standard InChI is InChI=1S/C22H20N2O6S/c1-16(23-31(28,29)21-10-6-5-9-20(21)24(26)27)22(25)18-11-13-19(14-12-18)30-15-17-7-3-2-4-8-17/h2-14,16,23H,15H2,1H3/t16-/m0/s1. The molecule has 0 spiro atoms. The van der Waals surface area contributed by atoms with E-state index in [4.69, 9.17) is 4.74 Å². The quantitative estimate of drug-likeness (QED) is 0.308. The molecule has 0 aromatic heterocycles. The summed E-state index contributed by atoms with van der Waals surface area (Å²) in [6.07, 6.45) is 0. The van der Waals surface area contributed by atoms with Crippen molar-refractivity contribution in [2.24, 2.45) is 0 Å². The molecular formula is C22H20N2O6S. The van der Waals surface area contributed by atoms with Gasteiger partial charge in [0.15, 0.2) is 10.7 Å². The van der Waals surface area contributed by atoms with E-state index in [0.29, 0.717) is 12.4 Å². The molecule has 3 aromatic rings. The van der Waals surface area contributed by atoms with Gasteiger partial charge in [-0.3, -0.25) is 14.9 Å². The Bertz CT molecular complexity index is 1180. The van der Waals surface area contributed by atoms with Gasteiger partial charge in [-0.25, -0.2) is 13.1 Å². The molecule has 9 heteroatoms. The van der Waals surface area contributed by atoms with Gasteiger partial charge in [0, 0.05) is 11.6 Å². The van der Waals surface area contributed by atoms with Crippen LogP contribution >= 0.6 is 0 Å². The molecule has 0 aliphatic heterocycles. The Labute approximate surface area is 179 Å². The molecule has 0 radical (unpaired) electrons. The van der Waals surface area contributed by atoms with Crippen molar-refractivity contribution in [2.75, 3.05) is 0 Å². The number of benzene rings is 3.